The standard InChI is InChI=1S/C20H30ClN5O4/c1-6-24(11-15-7-8-18(21)22-10-15)19-17(26(28)29)12-25(13-23(19)4)16(9-14(2)3)20(27)30-5/h7-8,10,14,16H,6,9,11-13H2,1-5H3. The molecule has 0 saturated carbocycles. The van der Waals surface area contributed by atoms with Crippen molar-refractivity contribution >= 4 is 17.6 Å². The molecule has 1 atom stereocenters. The van der Waals surface area contributed by atoms with E-state index in [1.54, 1.807) is 19.3 Å². The summed E-state index contributed by atoms with van der Waals surface area (Å²) in [5, 5.41) is 12.4. The molecule has 1 aromatic rings. The highest BCUT2D eigenvalue weighted by molar-refractivity contribution is 6.29. The number of ether oxygens (including phenoxy) is 1. The van der Waals surface area contributed by atoms with Crippen molar-refractivity contribution in [1.29, 1.82) is 0 Å². The molecule has 0 N–H and O–H groups in total. The molecule has 0 aromatic carbocycles. The zero-order chi connectivity index (χ0) is 22.4. The average Bonchev–Trinajstić information content (AvgIpc) is 2.70. The second-order valence-corrected chi connectivity index (χ2v) is 8.17. The molecule has 1 aliphatic rings. The monoisotopic (exact) mass is 439 g/mol. The number of hydrogen-bond donors (Lipinski definition) is 0. The molecule has 166 valence electrons. The first-order valence-corrected chi connectivity index (χ1v) is 10.3. The number of hydrogen-bond acceptors (Lipinski definition) is 8. The molecule has 1 unspecified atom stereocenters. The quantitative estimate of drug-likeness (QED) is 0.251. The minimum atomic E-state index is -0.538. The van der Waals surface area contributed by atoms with Crippen LogP contribution in [0, 0.1) is 16.0 Å². The van der Waals surface area contributed by atoms with Gasteiger partial charge in [-0.25, -0.2) is 4.98 Å². The highest BCUT2D eigenvalue weighted by Crippen LogP contribution is 2.26. The number of carbonyl (C=O) groups is 1. The normalized spacial score (nSPS) is 16.0. The van der Waals surface area contributed by atoms with Crippen LogP contribution in [-0.4, -0.2) is 70.5 Å². The maximum absolute atomic E-state index is 12.4. The lowest BCUT2D eigenvalue weighted by atomic mass is 10.0. The van der Waals surface area contributed by atoms with Crippen LogP contribution in [0.3, 0.4) is 0 Å². The molecular weight excluding hydrogens is 410 g/mol. The number of carbonyl (C=O) groups excluding carboxylic acids is 1. The third kappa shape index (κ3) is 5.82. The van der Waals surface area contributed by atoms with E-state index in [0.717, 1.165) is 5.56 Å². The lowest BCUT2D eigenvalue weighted by Crippen LogP contribution is -2.54. The molecule has 9 nitrogen and oxygen atoms in total. The highest BCUT2D eigenvalue weighted by Gasteiger charge is 2.39. The second kappa shape index (κ2) is 10.6. The minimum absolute atomic E-state index is 0.0604. The van der Waals surface area contributed by atoms with Crippen molar-refractivity contribution in [2.45, 2.75) is 39.8 Å². The summed E-state index contributed by atoms with van der Waals surface area (Å²) in [5.74, 6) is 0.415. The van der Waals surface area contributed by atoms with E-state index in [1.807, 2.05) is 41.5 Å². The summed E-state index contributed by atoms with van der Waals surface area (Å²) >= 11 is 5.86. The molecule has 2 rings (SSSR count). The van der Waals surface area contributed by atoms with Crippen molar-refractivity contribution in [1.82, 2.24) is 19.7 Å². The van der Waals surface area contributed by atoms with Gasteiger partial charge in [-0.15, -0.1) is 0 Å². The molecule has 0 spiro atoms. The number of nitro groups is 1. The van der Waals surface area contributed by atoms with E-state index < -0.39 is 6.04 Å². The van der Waals surface area contributed by atoms with Crippen LogP contribution in [0.5, 0.6) is 0 Å². The Balaban J connectivity index is 2.36. The zero-order valence-electron chi connectivity index (χ0n) is 18.2. The van der Waals surface area contributed by atoms with Gasteiger partial charge in [0.2, 0.25) is 0 Å². The first-order valence-electron chi connectivity index (χ1n) is 9.93. The molecule has 0 aliphatic carbocycles. The van der Waals surface area contributed by atoms with Gasteiger partial charge in [0.05, 0.1) is 25.2 Å². The van der Waals surface area contributed by atoms with Crippen molar-refractivity contribution in [2.75, 3.05) is 33.9 Å². The first kappa shape index (κ1) is 23.9. The molecule has 0 fully saturated rings. The molecule has 1 aliphatic heterocycles. The summed E-state index contributed by atoms with van der Waals surface area (Å²) < 4.78 is 4.97. The van der Waals surface area contributed by atoms with Crippen molar-refractivity contribution < 1.29 is 14.5 Å². The fourth-order valence-electron chi connectivity index (χ4n) is 3.68. The maximum atomic E-state index is 12.4. The van der Waals surface area contributed by atoms with Gasteiger partial charge in [0.25, 0.3) is 5.70 Å². The fraction of sp³-hybridized carbons (Fsp3) is 0.600. The Bertz CT molecular complexity index is 784. The molecule has 0 saturated heterocycles. The number of esters is 1. The summed E-state index contributed by atoms with van der Waals surface area (Å²) in [6, 6.07) is 3.02. The van der Waals surface area contributed by atoms with Gasteiger partial charge in [-0.2, -0.15) is 0 Å². The highest BCUT2D eigenvalue weighted by atomic mass is 35.5. The van der Waals surface area contributed by atoms with Crippen LogP contribution in [0.15, 0.2) is 29.8 Å². The molecule has 0 amide bonds. The SMILES string of the molecule is CCN(Cc1ccc(Cl)nc1)C1=C([N+](=O)[O-])CN(C(CC(C)C)C(=O)OC)CN1C. The van der Waals surface area contributed by atoms with Gasteiger partial charge in [-0.3, -0.25) is 19.8 Å². The largest absolute Gasteiger partial charge is 0.468 e. The van der Waals surface area contributed by atoms with Crippen LogP contribution in [0.25, 0.3) is 0 Å². The maximum Gasteiger partial charge on any atom is 0.323 e. The summed E-state index contributed by atoms with van der Waals surface area (Å²) in [7, 11) is 3.15. The molecule has 10 heteroatoms. The van der Waals surface area contributed by atoms with Gasteiger partial charge in [0.15, 0.2) is 5.82 Å². The Morgan fingerprint density at radius 2 is 2.13 bits per heavy atom. The van der Waals surface area contributed by atoms with Gasteiger partial charge in [-0.05, 0) is 30.9 Å². The molecule has 0 bridgehead atoms. The third-order valence-corrected chi connectivity index (χ3v) is 5.26. The van der Waals surface area contributed by atoms with E-state index in [1.165, 1.54) is 7.11 Å². The summed E-state index contributed by atoms with van der Waals surface area (Å²) in [6.45, 7) is 7.46. The zero-order valence-corrected chi connectivity index (χ0v) is 18.9. The average molecular weight is 440 g/mol. The predicted octanol–water partition coefficient (Wildman–Crippen LogP) is 2.80. The van der Waals surface area contributed by atoms with E-state index in [9.17, 15) is 14.9 Å². The summed E-state index contributed by atoms with van der Waals surface area (Å²) in [6.07, 6.45) is 2.23. The van der Waals surface area contributed by atoms with E-state index in [0.29, 0.717) is 37.2 Å². The fourth-order valence-corrected chi connectivity index (χ4v) is 3.79. The van der Waals surface area contributed by atoms with Crippen molar-refractivity contribution in [2.24, 2.45) is 5.92 Å². The lowest BCUT2D eigenvalue weighted by Gasteiger charge is -2.41. The second-order valence-electron chi connectivity index (χ2n) is 7.79. The predicted molar refractivity (Wildman–Crippen MR) is 114 cm³/mol. The van der Waals surface area contributed by atoms with Crippen LogP contribution >= 0.6 is 11.6 Å². The summed E-state index contributed by atoms with van der Waals surface area (Å²) in [4.78, 5) is 33.7. The molecule has 30 heavy (non-hydrogen) atoms. The van der Waals surface area contributed by atoms with E-state index in [-0.39, 0.29) is 29.1 Å². The number of aromatic nitrogens is 1. The van der Waals surface area contributed by atoms with Gasteiger partial charge < -0.3 is 14.5 Å². The van der Waals surface area contributed by atoms with Crippen LogP contribution in [0.1, 0.15) is 32.8 Å². The Kier molecular flexibility index (Phi) is 8.43. The number of methoxy groups -OCH3 is 1. The number of nitrogens with zero attached hydrogens (tertiary/aromatic N) is 5. The Labute approximate surface area is 182 Å². The van der Waals surface area contributed by atoms with Crippen LogP contribution in [0.4, 0.5) is 0 Å². The number of halogens is 1. The third-order valence-electron chi connectivity index (χ3n) is 5.04. The minimum Gasteiger partial charge on any atom is -0.468 e. The molecular formula is C20H30ClN5O4. The molecule has 0 radical (unpaired) electrons. The number of rotatable bonds is 9. The Morgan fingerprint density at radius 3 is 2.63 bits per heavy atom. The summed E-state index contributed by atoms with van der Waals surface area (Å²) in [5.41, 5.74) is 0.963. The van der Waals surface area contributed by atoms with Crippen molar-refractivity contribution in [3.05, 3.63) is 50.7 Å². The van der Waals surface area contributed by atoms with Gasteiger partial charge in [-0.1, -0.05) is 31.5 Å². The van der Waals surface area contributed by atoms with Crippen molar-refractivity contribution in [3.63, 3.8) is 0 Å². The Hall–Kier alpha value is -2.39. The van der Waals surface area contributed by atoms with E-state index in [4.69, 9.17) is 16.3 Å². The molecule has 1 aromatic heterocycles. The van der Waals surface area contributed by atoms with Gasteiger partial charge >= 0.3 is 5.97 Å². The van der Waals surface area contributed by atoms with Crippen LogP contribution in [0.2, 0.25) is 5.15 Å². The van der Waals surface area contributed by atoms with E-state index >= 15 is 0 Å². The van der Waals surface area contributed by atoms with E-state index in [2.05, 4.69) is 4.98 Å². The number of pyridine rings is 1. The smallest absolute Gasteiger partial charge is 0.323 e. The Morgan fingerprint density at radius 1 is 1.43 bits per heavy atom. The topological polar surface area (TPSA) is 92.0 Å². The van der Waals surface area contributed by atoms with Crippen LogP contribution < -0.4 is 0 Å². The first-order chi connectivity index (χ1) is 14.2. The molecule has 2 heterocycles. The van der Waals surface area contributed by atoms with Gasteiger partial charge in [0.1, 0.15) is 11.2 Å². The lowest BCUT2D eigenvalue weighted by molar-refractivity contribution is -0.434. The van der Waals surface area contributed by atoms with Gasteiger partial charge in [0, 0.05) is 26.3 Å². The van der Waals surface area contributed by atoms with Crippen molar-refractivity contribution in [3.8, 4) is 0 Å². The van der Waals surface area contributed by atoms with Crippen LogP contribution in [-0.2, 0) is 16.1 Å².